The maximum Gasteiger partial charge on any atom is 0.227 e. The molecule has 0 saturated heterocycles. The van der Waals surface area contributed by atoms with Gasteiger partial charge in [-0.25, -0.2) is 9.97 Å². The van der Waals surface area contributed by atoms with E-state index in [2.05, 4.69) is 34.2 Å². The van der Waals surface area contributed by atoms with Crippen LogP contribution in [0, 0.1) is 0 Å². The molecular weight excluding hydrogens is 348 g/mol. The number of ether oxygens (including phenoxy) is 1. The third-order valence-electron chi connectivity index (χ3n) is 4.62. The predicted molar refractivity (Wildman–Crippen MR) is 100 cm³/mol. The Morgan fingerprint density at radius 1 is 1.38 bits per heavy atom. The van der Waals surface area contributed by atoms with E-state index in [1.54, 1.807) is 28.4 Å². The van der Waals surface area contributed by atoms with Gasteiger partial charge in [-0.3, -0.25) is 4.98 Å². The van der Waals surface area contributed by atoms with E-state index in [1.165, 1.54) is 10.4 Å². The molecule has 5 rings (SSSR count). The second kappa shape index (κ2) is 5.72. The molecule has 4 aromatic heterocycles. The molecule has 8 heteroatoms. The molecule has 0 spiro atoms. The monoisotopic (exact) mass is 366 g/mol. The van der Waals surface area contributed by atoms with E-state index in [0.29, 0.717) is 19.1 Å². The number of pyridine rings is 1. The number of hydrogen-bond acceptors (Lipinski definition) is 7. The van der Waals surface area contributed by atoms with Crippen molar-refractivity contribution in [3.05, 3.63) is 46.9 Å². The van der Waals surface area contributed by atoms with Crippen LogP contribution in [0.25, 0.3) is 15.9 Å². The van der Waals surface area contributed by atoms with Gasteiger partial charge < -0.3 is 10.1 Å². The van der Waals surface area contributed by atoms with Gasteiger partial charge in [-0.1, -0.05) is 6.07 Å². The summed E-state index contributed by atoms with van der Waals surface area (Å²) in [6.45, 7) is 5.50. The predicted octanol–water partition coefficient (Wildman–Crippen LogP) is 3.20. The number of thiophene rings is 1. The van der Waals surface area contributed by atoms with Crippen molar-refractivity contribution in [3.8, 4) is 0 Å². The van der Waals surface area contributed by atoms with Crippen LogP contribution in [0.15, 0.2) is 30.9 Å². The summed E-state index contributed by atoms with van der Waals surface area (Å²) >= 11 is 1.68. The van der Waals surface area contributed by atoms with Crippen molar-refractivity contribution in [1.82, 2.24) is 24.6 Å². The molecule has 26 heavy (non-hydrogen) atoms. The van der Waals surface area contributed by atoms with Crippen molar-refractivity contribution in [2.45, 2.75) is 39.0 Å². The molecule has 0 fully saturated rings. The number of nitrogens with one attached hydrogen (secondary N) is 1. The Bertz CT molecular complexity index is 1100. The highest BCUT2D eigenvalue weighted by Gasteiger charge is 2.31. The van der Waals surface area contributed by atoms with E-state index < -0.39 is 0 Å². The molecule has 0 amide bonds. The maximum atomic E-state index is 5.97. The van der Waals surface area contributed by atoms with Gasteiger partial charge in [-0.15, -0.1) is 11.3 Å². The summed E-state index contributed by atoms with van der Waals surface area (Å²) in [7, 11) is 0. The minimum absolute atomic E-state index is 0.171. The van der Waals surface area contributed by atoms with Gasteiger partial charge in [0, 0.05) is 30.2 Å². The zero-order valence-corrected chi connectivity index (χ0v) is 15.4. The molecular formula is C18H18N6OS. The van der Waals surface area contributed by atoms with Crippen LogP contribution in [0.2, 0.25) is 0 Å². The molecule has 5 heterocycles. The molecule has 132 valence electrons. The van der Waals surface area contributed by atoms with Crippen molar-refractivity contribution in [3.63, 3.8) is 0 Å². The Morgan fingerprint density at radius 3 is 3.15 bits per heavy atom. The number of anilines is 1. The normalized spacial score (nSPS) is 16.1. The van der Waals surface area contributed by atoms with E-state index in [-0.39, 0.29) is 5.60 Å². The van der Waals surface area contributed by atoms with Crippen LogP contribution >= 0.6 is 11.3 Å². The molecule has 1 N–H and O–H groups in total. The Balaban J connectivity index is 1.61. The lowest BCUT2D eigenvalue weighted by atomic mass is 9.94. The highest BCUT2D eigenvalue weighted by atomic mass is 32.1. The largest absolute Gasteiger partial charge is 0.370 e. The van der Waals surface area contributed by atoms with Crippen molar-refractivity contribution < 1.29 is 4.74 Å². The molecule has 0 aromatic carbocycles. The topological polar surface area (TPSA) is 77.2 Å². The van der Waals surface area contributed by atoms with Crippen LogP contribution < -0.4 is 5.32 Å². The van der Waals surface area contributed by atoms with Gasteiger partial charge in [0.15, 0.2) is 5.65 Å². The van der Waals surface area contributed by atoms with E-state index in [9.17, 15) is 0 Å². The Labute approximate surface area is 154 Å². The second-order valence-electron chi connectivity index (χ2n) is 7.05. The highest BCUT2D eigenvalue weighted by Crippen LogP contribution is 2.40. The first-order chi connectivity index (χ1) is 12.6. The lowest BCUT2D eigenvalue weighted by Crippen LogP contribution is -2.31. The summed E-state index contributed by atoms with van der Waals surface area (Å²) in [6.07, 6.45) is 6.05. The van der Waals surface area contributed by atoms with Crippen molar-refractivity contribution in [2.75, 3.05) is 5.32 Å². The molecule has 0 bridgehead atoms. The van der Waals surface area contributed by atoms with E-state index in [0.717, 1.165) is 27.8 Å². The van der Waals surface area contributed by atoms with Gasteiger partial charge in [0.1, 0.15) is 11.2 Å². The fourth-order valence-corrected chi connectivity index (χ4v) is 4.45. The third kappa shape index (κ3) is 2.53. The standard InChI is InChI=1S/C18H18N6OS/c1-18(2)6-12-13(9-25-18)26-16-14(12)15-21-10-22-24(15)17(23-16)20-8-11-4-3-5-19-7-11/h3-5,7,10H,6,8-9H2,1-2H3,(H,20,23). The first-order valence-electron chi connectivity index (χ1n) is 8.51. The van der Waals surface area contributed by atoms with Crippen LogP contribution in [0.3, 0.4) is 0 Å². The fraction of sp³-hybridized carbons (Fsp3) is 0.333. The van der Waals surface area contributed by atoms with Crippen LogP contribution in [-0.2, 0) is 24.3 Å². The zero-order valence-electron chi connectivity index (χ0n) is 14.6. The SMILES string of the molecule is CC1(C)Cc2c(sc3nc(NCc4cccnc4)n4ncnc4c23)CO1. The first-order valence-corrected chi connectivity index (χ1v) is 9.33. The first kappa shape index (κ1) is 15.7. The lowest BCUT2D eigenvalue weighted by molar-refractivity contribution is -0.0379. The molecule has 0 aliphatic carbocycles. The van der Waals surface area contributed by atoms with Crippen LogP contribution in [0.4, 0.5) is 5.95 Å². The van der Waals surface area contributed by atoms with Crippen LogP contribution in [0.5, 0.6) is 0 Å². The summed E-state index contributed by atoms with van der Waals surface area (Å²) in [6, 6.07) is 3.95. The van der Waals surface area contributed by atoms with Gasteiger partial charge >= 0.3 is 0 Å². The number of rotatable bonds is 3. The summed E-state index contributed by atoms with van der Waals surface area (Å²) in [5, 5.41) is 8.85. The van der Waals surface area contributed by atoms with Gasteiger partial charge in [-0.05, 0) is 31.0 Å². The molecule has 4 aromatic rings. The molecule has 0 radical (unpaired) electrons. The minimum Gasteiger partial charge on any atom is -0.370 e. The Kier molecular flexibility index (Phi) is 3.44. The highest BCUT2D eigenvalue weighted by molar-refractivity contribution is 7.19. The van der Waals surface area contributed by atoms with Crippen molar-refractivity contribution in [2.24, 2.45) is 0 Å². The third-order valence-corrected chi connectivity index (χ3v) is 5.72. The van der Waals surface area contributed by atoms with Gasteiger partial charge in [0.05, 0.1) is 17.6 Å². The molecule has 0 atom stereocenters. The number of hydrogen-bond donors (Lipinski definition) is 1. The zero-order chi connectivity index (χ0) is 17.7. The average molecular weight is 366 g/mol. The van der Waals surface area contributed by atoms with E-state index in [4.69, 9.17) is 9.72 Å². The average Bonchev–Trinajstić information content (AvgIpc) is 3.23. The molecule has 0 saturated carbocycles. The summed E-state index contributed by atoms with van der Waals surface area (Å²) < 4.78 is 7.75. The van der Waals surface area contributed by atoms with E-state index in [1.807, 2.05) is 18.3 Å². The van der Waals surface area contributed by atoms with E-state index >= 15 is 0 Å². The second-order valence-corrected chi connectivity index (χ2v) is 8.14. The van der Waals surface area contributed by atoms with Gasteiger partial charge in [-0.2, -0.15) is 9.61 Å². The Morgan fingerprint density at radius 2 is 2.31 bits per heavy atom. The molecule has 1 aliphatic heterocycles. The summed E-state index contributed by atoms with van der Waals surface area (Å²) in [5.74, 6) is 0.688. The van der Waals surface area contributed by atoms with Gasteiger partial charge in [0.2, 0.25) is 5.95 Å². The number of aromatic nitrogens is 5. The fourth-order valence-electron chi connectivity index (χ4n) is 3.36. The molecule has 0 unspecified atom stereocenters. The smallest absolute Gasteiger partial charge is 0.227 e. The quantitative estimate of drug-likeness (QED) is 0.600. The minimum atomic E-state index is -0.171. The summed E-state index contributed by atoms with van der Waals surface area (Å²) in [5.41, 5.74) is 3.06. The summed E-state index contributed by atoms with van der Waals surface area (Å²) in [4.78, 5) is 15.7. The van der Waals surface area contributed by atoms with Gasteiger partial charge in [0.25, 0.3) is 0 Å². The van der Waals surface area contributed by atoms with Crippen LogP contribution in [-0.4, -0.2) is 30.2 Å². The molecule has 7 nitrogen and oxygen atoms in total. The van der Waals surface area contributed by atoms with Crippen molar-refractivity contribution in [1.29, 1.82) is 0 Å². The Hall–Kier alpha value is -2.58. The maximum absolute atomic E-state index is 5.97. The lowest BCUT2D eigenvalue weighted by Gasteiger charge is -2.30. The van der Waals surface area contributed by atoms with Crippen LogP contribution in [0.1, 0.15) is 29.9 Å². The number of nitrogens with zero attached hydrogens (tertiary/aromatic N) is 5. The van der Waals surface area contributed by atoms with Crippen molar-refractivity contribution >= 4 is 33.1 Å². The number of fused-ring (bicyclic) bond motifs is 5. The molecule has 1 aliphatic rings.